The van der Waals surface area contributed by atoms with Crippen molar-refractivity contribution in [1.82, 2.24) is 20.1 Å². The van der Waals surface area contributed by atoms with Crippen LogP contribution in [0.4, 0.5) is 0 Å². The second-order valence-electron chi connectivity index (χ2n) is 7.10. The molecule has 0 radical (unpaired) electrons. The van der Waals surface area contributed by atoms with Crippen molar-refractivity contribution in [3.63, 3.8) is 0 Å². The van der Waals surface area contributed by atoms with Crippen LogP contribution in [-0.2, 0) is 17.8 Å². The van der Waals surface area contributed by atoms with Gasteiger partial charge in [0, 0.05) is 0 Å². The molecule has 2 aromatic carbocycles. The number of amides is 1. The number of hydrogen-bond acceptors (Lipinski definition) is 4. The van der Waals surface area contributed by atoms with E-state index < -0.39 is 0 Å². The van der Waals surface area contributed by atoms with Gasteiger partial charge in [-0.25, -0.2) is 0 Å². The Morgan fingerprint density at radius 2 is 1.93 bits per heavy atom. The number of benzene rings is 2. The quantitative estimate of drug-likeness (QED) is 0.646. The third-order valence-corrected chi connectivity index (χ3v) is 6.09. The molecule has 0 aliphatic heterocycles. The van der Waals surface area contributed by atoms with Crippen LogP contribution in [0.15, 0.2) is 59.8 Å². The van der Waals surface area contributed by atoms with E-state index in [1.165, 1.54) is 28.5 Å². The fourth-order valence-electron chi connectivity index (χ4n) is 3.69. The predicted molar refractivity (Wildman–Crippen MR) is 111 cm³/mol. The summed E-state index contributed by atoms with van der Waals surface area (Å²) in [6.07, 6.45) is 3.20. The van der Waals surface area contributed by atoms with Gasteiger partial charge in [-0.3, -0.25) is 4.79 Å². The minimum absolute atomic E-state index is 0.0404. The maximum absolute atomic E-state index is 12.6. The van der Waals surface area contributed by atoms with E-state index in [1.807, 2.05) is 31.2 Å². The molecule has 1 aromatic heterocycles. The van der Waals surface area contributed by atoms with Gasteiger partial charge < -0.3 is 9.88 Å². The zero-order chi connectivity index (χ0) is 19.3. The van der Waals surface area contributed by atoms with Gasteiger partial charge in [-0.1, -0.05) is 66.4 Å². The summed E-state index contributed by atoms with van der Waals surface area (Å²) in [5, 5.41) is 12.4. The molecule has 1 aliphatic rings. The SMILES string of the molecule is Cc1nnc(SCC(=O)N[C@@H]2CCCc3ccccc32)n1Cc1ccccc1. The highest BCUT2D eigenvalue weighted by Gasteiger charge is 2.21. The number of thioether (sulfide) groups is 1. The number of nitrogens with one attached hydrogen (secondary N) is 1. The number of carbonyl (C=O) groups excluding carboxylic acids is 1. The smallest absolute Gasteiger partial charge is 0.230 e. The molecule has 3 aromatic rings. The average Bonchev–Trinajstić information content (AvgIpc) is 3.07. The van der Waals surface area contributed by atoms with E-state index in [2.05, 4.69) is 50.4 Å². The van der Waals surface area contributed by atoms with Crippen LogP contribution in [0.25, 0.3) is 0 Å². The summed E-state index contributed by atoms with van der Waals surface area (Å²) in [5.74, 6) is 1.23. The largest absolute Gasteiger partial charge is 0.349 e. The highest BCUT2D eigenvalue weighted by Crippen LogP contribution is 2.29. The van der Waals surface area contributed by atoms with Gasteiger partial charge >= 0.3 is 0 Å². The molecule has 4 rings (SSSR count). The second-order valence-corrected chi connectivity index (χ2v) is 8.04. The summed E-state index contributed by atoms with van der Waals surface area (Å²) < 4.78 is 2.06. The predicted octanol–water partition coefficient (Wildman–Crippen LogP) is 3.92. The summed E-state index contributed by atoms with van der Waals surface area (Å²) in [6.45, 7) is 2.65. The highest BCUT2D eigenvalue weighted by atomic mass is 32.2. The third-order valence-electron chi connectivity index (χ3n) is 5.12. The van der Waals surface area contributed by atoms with Crippen molar-refractivity contribution in [2.24, 2.45) is 0 Å². The zero-order valence-electron chi connectivity index (χ0n) is 16.0. The van der Waals surface area contributed by atoms with Crippen LogP contribution < -0.4 is 5.32 Å². The minimum Gasteiger partial charge on any atom is -0.349 e. The summed E-state index contributed by atoms with van der Waals surface area (Å²) in [5.41, 5.74) is 3.80. The monoisotopic (exact) mass is 392 g/mol. The summed E-state index contributed by atoms with van der Waals surface area (Å²) in [4.78, 5) is 12.6. The first kappa shape index (κ1) is 18.7. The van der Waals surface area contributed by atoms with Crippen molar-refractivity contribution in [1.29, 1.82) is 0 Å². The van der Waals surface area contributed by atoms with Gasteiger partial charge in [-0.05, 0) is 42.9 Å². The molecule has 5 nitrogen and oxygen atoms in total. The molecule has 0 unspecified atom stereocenters. The van der Waals surface area contributed by atoms with Gasteiger partial charge in [0.1, 0.15) is 5.82 Å². The Morgan fingerprint density at radius 1 is 1.14 bits per heavy atom. The van der Waals surface area contributed by atoms with Gasteiger partial charge in [0.25, 0.3) is 0 Å². The molecular weight excluding hydrogens is 368 g/mol. The van der Waals surface area contributed by atoms with Crippen LogP contribution in [0.5, 0.6) is 0 Å². The first-order valence-corrected chi connectivity index (χ1v) is 10.6. The molecule has 1 aliphatic carbocycles. The van der Waals surface area contributed by atoms with Gasteiger partial charge in [0.15, 0.2) is 5.16 Å². The molecule has 28 heavy (non-hydrogen) atoms. The Balaban J connectivity index is 1.38. The Morgan fingerprint density at radius 3 is 2.79 bits per heavy atom. The van der Waals surface area contributed by atoms with Crippen LogP contribution >= 0.6 is 11.8 Å². The molecule has 0 spiro atoms. The van der Waals surface area contributed by atoms with Gasteiger partial charge in [-0.15, -0.1) is 10.2 Å². The Labute approximate surface area is 169 Å². The standard InChI is InChI=1S/C22H24N4OS/c1-16-24-25-22(26(16)14-17-8-3-2-4-9-17)28-15-21(27)23-20-13-7-11-18-10-5-6-12-19(18)20/h2-6,8-10,12,20H,7,11,13-15H2,1H3,(H,23,27)/t20-/m1/s1. The van der Waals surface area contributed by atoms with Gasteiger partial charge in [-0.2, -0.15) is 0 Å². The molecule has 0 saturated carbocycles. The topological polar surface area (TPSA) is 59.8 Å². The molecule has 1 atom stereocenters. The number of aromatic nitrogens is 3. The number of hydrogen-bond donors (Lipinski definition) is 1. The van der Waals surface area contributed by atoms with E-state index in [4.69, 9.17) is 0 Å². The van der Waals surface area contributed by atoms with Crippen molar-refractivity contribution in [3.8, 4) is 0 Å². The molecule has 6 heteroatoms. The fourth-order valence-corrected chi connectivity index (χ4v) is 4.48. The molecule has 144 valence electrons. The second kappa shape index (κ2) is 8.61. The lowest BCUT2D eigenvalue weighted by atomic mass is 9.88. The van der Waals surface area contributed by atoms with E-state index in [0.29, 0.717) is 12.3 Å². The van der Waals surface area contributed by atoms with Crippen molar-refractivity contribution >= 4 is 17.7 Å². The molecule has 1 amide bonds. The van der Waals surface area contributed by atoms with Crippen LogP contribution in [0.2, 0.25) is 0 Å². The van der Waals surface area contributed by atoms with Gasteiger partial charge in [0.05, 0.1) is 18.3 Å². The zero-order valence-corrected chi connectivity index (χ0v) is 16.8. The lowest BCUT2D eigenvalue weighted by Crippen LogP contribution is -2.32. The van der Waals surface area contributed by atoms with Gasteiger partial charge in [0.2, 0.25) is 5.91 Å². The molecule has 1 N–H and O–H groups in total. The number of nitrogens with zero attached hydrogens (tertiary/aromatic N) is 3. The van der Waals surface area contributed by atoms with Crippen molar-refractivity contribution in [3.05, 3.63) is 77.1 Å². The maximum atomic E-state index is 12.6. The number of rotatable bonds is 6. The molecule has 0 bridgehead atoms. The van der Waals surface area contributed by atoms with Crippen LogP contribution in [0.3, 0.4) is 0 Å². The first-order valence-electron chi connectivity index (χ1n) is 9.64. The Hall–Kier alpha value is -2.60. The molecule has 0 saturated heterocycles. The molecule has 0 fully saturated rings. The van der Waals surface area contributed by atoms with Crippen molar-refractivity contribution < 1.29 is 4.79 Å². The van der Waals surface area contributed by atoms with E-state index in [-0.39, 0.29) is 11.9 Å². The normalized spacial score (nSPS) is 15.8. The Bertz CT molecular complexity index is 954. The number of carbonyl (C=O) groups is 1. The van der Waals surface area contributed by atoms with Crippen LogP contribution in [-0.4, -0.2) is 26.4 Å². The van der Waals surface area contributed by atoms with E-state index in [0.717, 1.165) is 30.2 Å². The lowest BCUT2D eigenvalue weighted by Gasteiger charge is -2.26. The Kier molecular flexibility index (Phi) is 5.76. The van der Waals surface area contributed by atoms with Crippen molar-refractivity contribution in [2.75, 3.05) is 5.75 Å². The lowest BCUT2D eigenvalue weighted by molar-refractivity contribution is -0.119. The molecular formula is C22H24N4OS. The summed E-state index contributed by atoms with van der Waals surface area (Å²) in [6, 6.07) is 18.8. The summed E-state index contributed by atoms with van der Waals surface area (Å²) in [7, 11) is 0. The highest BCUT2D eigenvalue weighted by molar-refractivity contribution is 7.99. The third kappa shape index (κ3) is 4.28. The first-order chi connectivity index (χ1) is 13.7. The van der Waals surface area contributed by atoms with E-state index in [1.54, 1.807) is 0 Å². The van der Waals surface area contributed by atoms with Crippen LogP contribution in [0, 0.1) is 6.92 Å². The minimum atomic E-state index is 0.0404. The average molecular weight is 393 g/mol. The number of aryl methyl sites for hydroxylation is 2. The number of fused-ring (bicyclic) bond motifs is 1. The fraction of sp³-hybridized carbons (Fsp3) is 0.318. The van der Waals surface area contributed by atoms with Crippen LogP contribution in [0.1, 0.15) is 41.4 Å². The van der Waals surface area contributed by atoms with E-state index in [9.17, 15) is 4.79 Å². The summed E-state index contributed by atoms with van der Waals surface area (Å²) >= 11 is 1.44. The maximum Gasteiger partial charge on any atom is 0.230 e. The van der Waals surface area contributed by atoms with Crippen molar-refractivity contribution in [2.45, 2.75) is 43.9 Å². The molecule has 1 heterocycles. The van der Waals surface area contributed by atoms with E-state index >= 15 is 0 Å².